The van der Waals surface area contributed by atoms with Gasteiger partial charge in [0, 0.05) is 18.4 Å². The smallest absolute Gasteiger partial charge is 0.0507 e. The van der Waals surface area contributed by atoms with E-state index in [9.17, 15) is 0 Å². The molecule has 4 heteroatoms. The average molecular weight is 170 g/mol. The molecule has 12 heavy (non-hydrogen) atoms. The highest BCUT2D eigenvalue weighted by molar-refractivity contribution is 4.84. The van der Waals surface area contributed by atoms with Crippen LogP contribution >= 0.6 is 0 Å². The van der Waals surface area contributed by atoms with E-state index in [-0.39, 0.29) is 6.04 Å². The highest BCUT2D eigenvalue weighted by atomic mass is 15.7. The lowest BCUT2D eigenvalue weighted by molar-refractivity contribution is 0.245. The van der Waals surface area contributed by atoms with Crippen molar-refractivity contribution in [1.29, 1.82) is 0 Å². The number of nitrogens with two attached hydrogens (primary N) is 1. The van der Waals surface area contributed by atoms with Crippen LogP contribution in [0.5, 0.6) is 0 Å². The van der Waals surface area contributed by atoms with Gasteiger partial charge in [0.25, 0.3) is 0 Å². The van der Waals surface area contributed by atoms with Crippen molar-refractivity contribution in [1.82, 2.24) is 16.0 Å². The first-order valence-corrected chi connectivity index (χ1v) is 4.38. The molecular formula is C8H18N4. The van der Waals surface area contributed by atoms with E-state index in [0.717, 1.165) is 13.0 Å². The lowest BCUT2D eigenvalue weighted by atomic mass is 10.0. The molecule has 4 N–H and O–H groups in total. The molecular weight excluding hydrogens is 152 g/mol. The number of hydrogen-bond acceptors (Lipinski definition) is 4. The van der Waals surface area contributed by atoms with Gasteiger partial charge in [-0.15, -0.1) is 5.53 Å². The predicted octanol–water partition coefficient (Wildman–Crippen LogP) is 0.156. The molecule has 1 aliphatic heterocycles. The first-order valence-electron chi connectivity index (χ1n) is 4.38. The molecule has 0 bridgehead atoms. The molecule has 0 spiro atoms. The summed E-state index contributed by atoms with van der Waals surface area (Å²) < 4.78 is 0. The van der Waals surface area contributed by atoms with Crippen molar-refractivity contribution in [3.8, 4) is 0 Å². The summed E-state index contributed by atoms with van der Waals surface area (Å²) in [5.41, 5.74) is 11.7. The fraction of sp³-hybridized carbons (Fsp3) is 0.750. The van der Waals surface area contributed by atoms with Gasteiger partial charge in [-0.05, 0) is 12.3 Å². The summed E-state index contributed by atoms with van der Waals surface area (Å²) in [6.45, 7) is 5.22. The minimum absolute atomic E-state index is 0.238. The Morgan fingerprint density at radius 1 is 1.50 bits per heavy atom. The molecule has 0 aromatic heterocycles. The van der Waals surface area contributed by atoms with E-state index >= 15 is 0 Å². The van der Waals surface area contributed by atoms with Gasteiger partial charge in [0.15, 0.2) is 0 Å². The molecule has 0 fully saturated rings. The molecule has 1 atom stereocenters. The van der Waals surface area contributed by atoms with Crippen LogP contribution in [0.1, 0.15) is 20.3 Å². The van der Waals surface area contributed by atoms with Crippen molar-refractivity contribution in [2.24, 2.45) is 11.7 Å². The third kappa shape index (κ3) is 3.11. The van der Waals surface area contributed by atoms with Crippen molar-refractivity contribution in [2.75, 3.05) is 6.54 Å². The number of rotatable bonds is 4. The summed E-state index contributed by atoms with van der Waals surface area (Å²) in [6, 6.07) is 0.238. The van der Waals surface area contributed by atoms with E-state index in [4.69, 9.17) is 5.73 Å². The Morgan fingerprint density at radius 3 is 2.75 bits per heavy atom. The average Bonchev–Trinajstić information content (AvgIpc) is 2.37. The zero-order valence-corrected chi connectivity index (χ0v) is 7.75. The SMILES string of the molecule is CC(C)CC(N)CN1C=CNN1. The zero-order valence-electron chi connectivity index (χ0n) is 7.75. The molecule has 0 amide bonds. The summed E-state index contributed by atoms with van der Waals surface area (Å²) in [6.07, 6.45) is 4.86. The molecule has 0 saturated carbocycles. The first-order chi connectivity index (χ1) is 5.68. The van der Waals surface area contributed by atoms with Crippen LogP contribution in [0.3, 0.4) is 0 Å². The van der Waals surface area contributed by atoms with Gasteiger partial charge in [-0.25, -0.2) is 0 Å². The van der Waals surface area contributed by atoms with Gasteiger partial charge in [0.1, 0.15) is 0 Å². The van der Waals surface area contributed by atoms with Crippen LogP contribution in [0.25, 0.3) is 0 Å². The van der Waals surface area contributed by atoms with Crippen LogP contribution < -0.4 is 16.7 Å². The Kier molecular flexibility index (Phi) is 3.37. The molecule has 0 radical (unpaired) electrons. The van der Waals surface area contributed by atoms with Gasteiger partial charge < -0.3 is 11.2 Å². The van der Waals surface area contributed by atoms with Crippen LogP contribution in [0.15, 0.2) is 12.4 Å². The molecule has 0 aliphatic carbocycles. The molecule has 0 aromatic rings. The molecule has 70 valence electrons. The summed E-state index contributed by atoms with van der Waals surface area (Å²) in [5.74, 6) is 0.666. The molecule has 1 heterocycles. The molecule has 4 nitrogen and oxygen atoms in total. The van der Waals surface area contributed by atoms with Crippen LogP contribution in [-0.4, -0.2) is 17.6 Å². The molecule has 0 aromatic carbocycles. The van der Waals surface area contributed by atoms with E-state index in [1.165, 1.54) is 0 Å². The highest BCUT2D eigenvalue weighted by Gasteiger charge is 2.10. The predicted molar refractivity (Wildman–Crippen MR) is 49.5 cm³/mol. The lowest BCUT2D eigenvalue weighted by Crippen LogP contribution is -2.43. The van der Waals surface area contributed by atoms with Gasteiger partial charge in [-0.3, -0.25) is 5.01 Å². The summed E-state index contributed by atoms with van der Waals surface area (Å²) in [5, 5.41) is 1.95. The number of nitrogens with one attached hydrogen (secondary N) is 2. The van der Waals surface area contributed by atoms with Gasteiger partial charge in [-0.2, -0.15) is 0 Å². The number of hydrogen-bond donors (Lipinski definition) is 3. The van der Waals surface area contributed by atoms with E-state index < -0.39 is 0 Å². The second kappa shape index (κ2) is 4.33. The lowest BCUT2D eigenvalue weighted by Gasteiger charge is -2.21. The van der Waals surface area contributed by atoms with E-state index in [1.54, 1.807) is 0 Å². The third-order valence-corrected chi connectivity index (χ3v) is 1.75. The van der Waals surface area contributed by atoms with Crippen molar-refractivity contribution in [3.05, 3.63) is 12.4 Å². The van der Waals surface area contributed by atoms with Gasteiger partial charge >= 0.3 is 0 Å². The van der Waals surface area contributed by atoms with Gasteiger partial charge in [0.05, 0.1) is 6.54 Å². The monoisotopic (exact) mass is 170 g/mol. The third-order valence-electron chi connectivity index (χ3n) is 1.75. The fourth-order valence-corrected chi connectivity index (χ4v) is 1.32. The van der Waals surface area contributed by atoms with Crippen molar-refractivity contribution in [3.63, 3.8) is 0 Å². The van der Waals surface area contributed by atoms with Crippen LogP contribution in [0, 0.1) is 5.92 Å². The molecule has 0 saturated heterocycles. The first kappa shape index (κ1) is 9.35. The fourth-order valence-electron chi connectivity index (χ4n) is 1.32. The second-order valence-corrected chi connectivity index (χ2v) is 3.61. The quantitative estimate of drug-likeness (QED) is 0.562. The number of nitrogens with zero attached hydrogens (tertiary/aromatic N) is 1. The molecule has 1 rings (SSSR count). The minimum atomic E-state index is 0.238. The van der Waals surface area contributed by atoms with Gasteiger partial charge in [-0.1, -0.05) is 13.8 Å². The standard InChI is InChI=1S/C8H18N4/c1-7(2)5-8(9)6-12-4-3-10-11-12/h3-4,7-8,10-11H,5-6,9H2,1-2H3. The largest absolute Gasteiger partial charge is 0.326 e. The van der Waals surface area contributed by atoms with Crippen molar-refractivity contribution < 1.29 is 0 Å². The van der Waals surface area contributed by atoms with E-state index in [1.807, 2.05) is 17.4 Å². The minimum Gasteiger partial charge on any atom is -0.326 e. The molecule has 1 aliphatic rings. The maximum absolute atomic E-state index is 5.91. The van der Waals surface area contributed by atoms with Gasteiger partial charge in [0.2, 0.25) is 0 Å². The zero-order chi connectivity index (χ0) is 8.97. The summed E-state index contributed by atoms with van der Waals surface area (Å²) in [7, 11) is 0. The Morgan fingerprint density at radius 2 is 2.25 bits per heavy atom. The van der Waals surface area contributed by atoms with Crippen LogP contribution in [-0.2, 0) is 0 Å². The summed E-state index contributed by atoms with van der Waals surface area (Å²) in [4.78, 5) is 0. The maximum atomic E-state index is 5.91. The second-order valence-electron chi connectivity index (χ2n) is 3.61. The maximum Gasteiger partial charge on any atom is 0.0507 e. The van der Waals surface area contributed by atoms with E-state index in [2.05, 4.69) is 24.8 Å². The highest BCUT2D eigenvalue weighted by Crippen LogP contribution is 2.04. The Balaban J connectivity index is 2.16. The van der Waals surface area contributed by atoms with E-state index in [0.29, 0.717) is 5.92 Å². The Bertz CT molecular complexity index is 155. The topological polar surface area (TPSA) is 53.3 Å². The van der Waals surface area contributed by atoms with Crippen LogP contribution in [0.2, 0.25) is 0 Å². The number of hydrazine groups is 2. The Hall–Kier alpha value is -0.740. The van der Waals surface area contributed by atoms with Crippen molar-refractivity contribution >= 4 is 0 Å². The normalized spacial score (nSPS) is 18.5. The van der Waals surface area contributed by atoms with Crippen LogP contribution in [0.4, 0.5) is 0 Å². The molecule has 1 unspecified atom stereocenters. The van der Waals surface area contributed by atoms with Crippen molar-refractivity contribution in [2.45, 2.75) is 26.3 Å². The Labute approximate surface area is 73.7 Å². The summed E-state index contributed by atoms with van der Waals surface area (Å²) >= 11 is 0.